The molecule has 1 unspecified atom stereocenters. The van der Waals surface area contributed by atoms with Gasteiger partial charge in [-0.3, -0.25) is 4.79 Å². The summed E-state index contributed by atoms with van der Waals surface area (Å²) >= 11 is 5.82. The summed E-state index contributed by atoms with van der Waals surface area (Å²) < 4.78 is 27.0. The van der Waals surface area contributed by atoms with Gasteiger partial charge in [0, 0.05) is 11.6 Å². The minimum absolute atomic E-state index is 0.110. The van der Waals surface area contributed by atoms with Crippen LogP contribution in [0.15, 0.2) is 23.1 Å². The van der Waals surface area contributed by atoms with Crippen LogP contribution in [0, 0.1) is 6.92 Å². The number of carbonyl (C=O) groups is 1. The molecule has 1 amide bonds. The molecule has 104 valence electrons. The molecule has 0 radical (unpaired) electrons. The van der Waals surface area contributed by atoms with Gasteiger partial charge in [0.1, 0.15) is 6.04 Å². The topological polar surface area (TPSA) is 75.3 Å². The van der Waals surface area contributed by atoms with Crippen molar-refractivity contribution in [3.05, 3.63) is 28.8 Å². The quantitative estimate of drug-likeness (QED) is 0.881. The fraction of sp³-hybridized carbons (Fsp3) is 0.417. The number of benzene rings is 1. The zero-order valence-corrected chi connectivity index (χ0v) is 12.0. The standard InChI is InChI=1S/C12H15ClN2O3S/c1-8-4-5-9(13)7-11(8)19(17,18)15-10-3-2-6-14-12(10)16/h4-5,7,10,15H,2-3,6H2,1H3,(H,14,16). The SMILES string of the molecule is Cc1ccc(Cl)cc1S(=O)(=O)NC1CCCNC1=O. The number of sulfonamides is 1. The predicted octanol–water partition coefficient (Wildman–Crippen LogP) is 1.21. The summed E-state index contributed by atoms with van der Waals surface area (Å²) in [6.07, 6.45) is 1.26. The van der Waals surface area contributed by atoms with Crippen molar-refractivity contribution in [1.82, 2.24) is 10.0 Å². The van der Waals surface area contributed by atoms with Crippen molar-refractivity contribution in [2.45, 2.75) is 30.7 Å². The van der Waals surface area contributed by atoms with Crippen LogP contribution in [-0.2, 0) is 14.8 Å². The summed E-state index contributed by atoms with van der Waals surface area (Å²) in [5.74, 6) is -0.283. The Morgan fingerprint density at radius 3 is 2.84 bits per heavy atom. The molecule has 2 rings (SSSR count). The zero-order valence-electron chi connectivity index (χ0n) is 10.4. The van der Waals surface area contributed by atoms with Crippen LogP contribution in [0.3, 0.4) is 0 Å². The van der Waals surface area contributed by atoms with E-state index >= 15 is 0 Å². The summed E-state index contributed by atoms with van der Waals surface area (Å²) in [4.78, 5) is 11.7. The van der Waals surface area contributed by atoms with Gasteiger partial charge in [0.2, 0.25) is 15.9 Å². The summed E-state index contributed by atoms with van der Waals surface area (Å²) in [6.45, 7) is 2.28. The molecular weight excluding hydrogens is 288 g/mol. The second-order valence-corrected chi connectivity index (χ2v) is 6.64. The normalized spacial score (nSPS) is 20.1. The molecule has 19 heavy (non-hydrogen) atoms. The Balaban J connectivity index is 2.27. The Labute approximate surface area is 117 Å². The Bertz CT molecular complexity index is 601. The second kappa shape index (κ2) is 5.48. The molecule has 7 heteroatoms. The molecule has 1 atom stereocenters. The minimum atomic E-state index is -3.74. The molecule has 0 aliphatic carbocycles. The van der Waals surface area contributed by atoms with Gasteiger partial charge in [-0.1, -0.05) is 17.7 Å². The first-order valence-electron chi connectivity index (χ1n) is 5.96. The van der Waals surface area contributed by atoms with Gasteiger partial charge >= 0.3 is 0 Å². The molecular formula is C12H15ClN2O3S. The molecule has 1 heterocycles. The van der Waals surface area contributed by atoms with Gasteiger partial charge in [-0.2, -0.15) is 4.72 Å². The lowest BCUT2D eigenvalue weighted by Crippen LogP contribution is -2.50. The third kappa shape index (κ3) is 3.26. The summed E-state index contributed by atoms with van der Waals surface area (Å²) in [6, 6.07) is 3.94. The molecule has 0 bridgehead atoms. The smallest absolute Gasteiger partial charge is 0.241 e. The van der Waals surface area contributed by atoms with Gasteiger partial charge in [0.25, 0.3) is 0 Å². The third-order valence-corrected chi connectivity index (χ3v) is 4.87. The highest BCUT2D eigenvalue weighted by atomic mass is 35.5. The number of hydrogen-bond acceptors (Lipinski definition) is 3. The lowest BCUT2D eigenvalue weighted by molar-refractivity contribution is -0.124. The number of rotatable bonds is 3. The van der Waals surface area contributed by atoms with Crippen molar-refractivity contribution in [3.63, 3.8) is 0 Å². The van der Waals surface area contributed by atoms with E-state index in [0.29, 0.717) is 23.6 Å². The zero-order chi connectivity index (χ0) is 14.0. The summed E-state index contributed by atoms with van der Waals surface area (Å²) in [5, 5.41) is 2.99. The Kier molecular flexibility index (Phi) is 4.13. The largest absolute Gasteiger partial charge is 0.355 e. The first-order valence-corrected chi connectivity index (χ1v) is 7.82. The molecule has 0 saturated carbocycles. The van der Waals surface area contributed by atoms with E-state index in [4.69, 9.17) is 11.6 Å². The molecule has 1 aromatic rings. The molecule has 2 N–H and O–H groups in total. The van der Waals surface area contributed by atoms with Gasteiger partial charge < -0.3 is 5.32 Å². The van der Waals surface area contributed by atoms with Gasteiger partial charge in [0.05, 0.1) is 4.90 Å². The highest BCUT2D eigenvalue weighted by Crippen LogP contribution is 2.21. The molecule has 1 aromatic carbocycles. The van der Waals surface area contributed by atoms with Crippen LogP contribution in [0.5, 0.6) is 0 Å². The summed E-state index contributed by atoms with van der Waals surface area (Å²) in [5.41, 5.74) is 0.591. The van der Waals surface area contributed by atoms with Crippen LogP contribution >= 0.6 is 11.6 Å². The average Bonchev–Trinajstić information content (AvgIpc) is 2.35. The number of halogens is 1. The van der Waals surface area contributed by atoms with Crippen LogP contribution in [0.1, 0.15) is 18.4 Å². The predicted molar refractivity (Wildman–Crippen MR) is 72.5 cm³/mol. The Hall–Kier alpha value is -1.11. The Morgan fingerprint density at radius 2 is 2.16 bits per heavy atom. The number of amides is 1. The van der Waals surface area contributed by atoms with Gasteiger partial charge in [0.15, 0.2) is 0 Å². The first kappa shape index (κ1) is 14.3. The monoisotopic (exact) mass is 302 g/mol. The van der Waals surface area contributed by atoms with E-state index in [2.05, 4.69) is 10.0 Å². The van der Waals surface area contributed by atoms with E-state index in [-0.39, 0.29) is 10.8 Å². The molecule has 0 aromatic heterocycles. The van der Waals surface area contributed by atoms with Crippen LogP contribution in [-0.4, -0.2) is 26.9 Å². The second-order valence-electron chi connectivity index (χ2n) is 4.52. The lowest BCUT2D eigenvalue weighted by atomic mass is 10.1. The van der Waals surface area contributed by atoms with Gasteiger partial charge in [-0.05, 0) is 37.5 Å². The third-order valence-electron chi connectivity index (χ3n) is 3.02. The maximum Gasteiger partial charge on any atom is 0.241 e. The molecule has 1 aliphatic rings. The van der Waals surface area contributed by atoms with Crippen LogP contribution < -0.4 is 10.0 Å². The van der Waals surface area contributed by atoms with E-state index in [0.717, 1.165) is 6.42 Å². The van der Waals surface area contributed by atoms with Crippen molar-refractivity contribution >= 4 is 27.5 Å². The van der Waals surface area contributed by atoms with E-state index in [1.54, 1.807) is 19.1 Å². The number of nitrogens with one attached hydrogen (secondary N) is 2. The van der Waals surface area contributed by atoms with Crippen LogP contribution in [0.25, 0.3) is 0 Å². The Morgan fingerprint density at radius 1 is 1.42 bits per heavy atom. The number of piperidine rings is 1. The maximum absolute atomic E-state index is 12.3. The van der Waals surface area contributed by atoms with E-state index in [1.807, 2.05) is 0 Å². The maximum atomic E-state index is 12.3. The minimum Gasteiger partial charge on any atom is -0.355 e. The van der Waals surface area contributed by atoms with E-state index < -0.39 is 16.1 Å². The molecule has 1 fully saturated rings. The number of aryl methyl sites for hydroxylation is 1. The van der Waals surface area contributed by atoms with E-state index in [1.165, 1.54) is 6.07 Å². The van der Waals surface area contributed by atoms with Gasteiger partial charge in [-0.15, -0.1) is 0 Å². The van der Waals surface area contributed by atoms with Crippen molar-refractivity contribution in [1.29, 1.82) is 0 Å². The molecule has 1 aliphatic heterocycles. The van der Waals surface area contributed by atoms with Crippen molar-refractivity contribution in [2.24, 2.45) is 0 Å². The van der Waals surface area contributed by atoms with Crippen molar-refractivity contribution in [2.75, 3.05) is 6.54 Å². The first-order chi connectivity index (χ1) is 8.90. The fourth-order valence-corrected chi connectivity index (χ4v) is 3.74. The fourth-order valence-electron chi connectivity index (χ4n) is 2.00. The highest BCUT2D eigenvalue weighted by molar-refractivity contribution is 7.89. The molecule has 5 nitrogen and oxygen atoms in total. The summed E-state index contributed by atoms with van der Waals surface area (Å²) in [7, 11) is -3.74. The number of carbonyl (C=O) groups excluding carboxylic acids is 1. The van der Waals surface area contributed by atoms with Crippen LogP contribution in [0.4, 0.5) is 0 Å². The molecule has 0 spiro atoms. The number of hydrogen-bond donors (Lipinski definition) is 2. The average molecular weight is 303 g/mol. The molecule has 1 saturated heterocycles. The van der Waals surface area contributed by atoms with Crippen molar-refractivity contribution in [3.8, 4) is 0 Å². The highest BCUT2D eigenvalue weighted by Gasteiger charge is 2.28. The van der Waals surface area contributed by atoms with Crippen molar-refractivity contribution < 1.29 is 13.2 Å². The van der Waals surface area contributed by atoms with Gasteiger partial charge in [-0.25, -0.2) is 8.42 Å². The van der Waals surface area contributed by atoms with Crippen LogP contribution in [0.2, 0.25) is 5.02 Å². The lowest BCUT2D eigenvalue weighted by Gasteiger charge is -2.23. The van der Waals surface area contributed by atoms with E-state index in [9.17, 15) is 13.2 Å².